The number of carbonyl (C=O) groups excluding carboxylic acids is 1. The quantitative estimate of drug-likeness (QED) is 0.674. The van der Waals surface area contributed by atoms with E-state index in [1.807, 2.05) is 48.2 Å². The summed E-state index contributed by atoms with van der Waals surface area (Å²) in [7, 11) is 3.88. The van der Waals surface area contributed by atoms with E-state index in [0.717, 1.165) is 57.2 Å². The molecule has 31 heavy (non-hydrogen) atoms. The molecule has 1 atom stereocenters. The number of hydrogen-bond acceptors (Lipinski definition) is 7. The van der Waals surface area contributed by atoms with Gasteiger partial charge in [-0.05, 0) is 25.0 Å². The number of aromatic nitrogens is 2. The molecule has 1 aromatic carbocycles. The van der Waals surface area contributed by atoms with Gasteiger partial charge in [0.1, 0.15) is 18.2 Å². The Hall–Kier alpha value is -2.71. The Morgan fingerprint density at radius 3 is 2.81 bits per heavy atom. The highest BCUT2D eigenvalue weighted by molar-refractivity contribution is 5.97. The SMILES string of the molecule is CN(C)c1cncc([C@@H]2CCCN2C(=O)c2ccccc2OCCN2CCOCC2)n1. The third-order valence-corrected chi connectivity index (χ3v) is 5.84. The molecule has 2 saturated heterocycles. The highest BCUT2D eigenvalue weighted by atomic mass is 16.5. The summed E-state index contributed by atoms with van der Waals surface area (Å²) >= 11 is 0. The summed E-state index contributed by atoms with van der Waals surface area (Å²) in [6.45, 7) is 5.46. The van der Waals surface area contributed by atoms with Gasteiger partial charge in [0.25, 0.3) is 5.91 Å². The van der Waals surface area contributed by atoms with Crippen molar-refractivity contribution in [3.63, 3.8) is 0 Å². The lowest BCUT2D eigenvalue weighted by atomic mass is 10.1. The van der Waals surface area contributed by atoms with Crippen molar-refractivity contribution < 1.29 is 14.3 Å². The Morgan fingerprint density at radius 1 is 1.19 bits per heavy atom. The van der Waals surface area contributed by atoms with Gasteiger partial charge in [-0.3, -0.25) is 14.7 Å². The first-order valence-electron chi connectivity index (χ1n) is 11.0. The lowest BCUT2D eigenvalue weighted by Crippen LogP contribution is -2.38. The van der Waals surface area contributed by atoms with E-state index in [4.69, 9.17) is 14.5 Å². The molecule has 2 aromatic rings. The molecule has 0 spiro atoms. The minimum atomic E-state index is -0.0682. The fourth-order valence-electron chi connectivity index (χ4n) is 4.10. The second-order valence-corrected chi connectivity index (χ2v) is 8.15. The van der Waals surface area contributed by atoms with Crippen LogP contribution in [0.4, 0.5) is 5.82 Å². The van der Waals surface area contributed by atoms with Gasteiger partial charge in [-0.2, -0.15) is 0 Å². The number of anilines is 1. The van der Waals surface area contributed by atoms with Gasteiger partial charge >= 0.3 is 0 Å². The number of hydrogen-bond donors (Lipinski definition) is 0. The number of benzene rings is 1. The summed E-state index contributed by atoms with van der Waals surface area (Å²) in [4.78, 5) is 28.7. The second-order valence-electron chi connectivity index (χ2n) is 8.15. The van der Waals surface area contributed by atoms with Crippen molar-refractivity contribution in [1.82, 2.24) is 19.8 Å². The molecule has 4 rings (SSSR count). The van der Waals surface area contributed by atoms with E-state index in [0.29, 0.717) is 24.5 Å². The van der Waals surface area contributed by atoms with Gasteiger partial charge in [0, 0.05) is 40.3 Å². The van der Waals surface area contributed by atoms with E-state index in [1.54, 1.807) is 12.4 Å². The molecule has 1 amide bonds. The average molecular weight is 426 g/mol. The zero-order valence-corrected chi connectivity index (χ0v) is 18.4. The molecule has 3 heterocycles. The van der Waals surface area contributed by atoms with Crippen molar-refractivity contribution in [2.45, 2.75) is 18.9 Å². The maximum absolute atomic E-state index is 13.5. The van der Waals surface area contributed by atoms with Crippen LogP contribution in [-0.2, 0) is 4.74 Å². The molecule has 0 saturated carbocycles. The highest BCUT2D eigenvalue weighted by Gasteiger charge is 2.33. The molecule has 2 aliphatic heterocycles. The van der Waals surface area contributed by atoms with Crippen molar-refractivity contribution in [3.05, 3.63) is 47.9 Å². The van der Waals surface area contributed by atoms with Crippen LogP contribution in [0.2, 0.25) is 0 Å². The first kappa shape index (κ1) is 21.5. The van der Waals surface area contributed by atoms with Crippen LogP contribution in [0.5, 0.6) is 5.75 Å². The molecule has 0 bridgehead atoms. The smallest absolute Gasteiger partial charge is 0.258 e. The van der Waals surface area contributed by atoms with Crippen LogP contribution in [0.1, 0.15) is 34.9 Å². The monoisotopic (exact) mass is 425 g/mol. The zero-order valence-electron chi connectivity index (χ0n) is 18.4. The molecule has 2 fully saturated rings. The van der Waals surface area contributed by atoms with Crippen LogP contribution in [-0.4, -0.2) is 85.8 Å². The van der Waals surface area contributed by atoms with Crippen LogP contribution in [0.3, 0.4) is 0 Å². The van der Waals surface area contributed by atoms with Gasteiger partial charge in [0.05, 0.1) is 42.9 Å². The normalized spacial score (nSPS) is 19.4. The minimum Gasteiger partial charge on any atom is -0.491 e. The molecular weight excluding hydrogens is 394 g/mol. The fraction of sp³-hybridized carbons (Fsp3) is 0.522. The maximum atomic E-state index is 13.5. The number of likely N-dealkylation sites (tertiary alicyclic amines) is 1. The Morgan fingerprint density at radius 2 is 2.00 bits per heavy atom. The molecule has 0 aliphatic carbocycles. The number of para-hydroxylation sites is 1. The van der Waals surface area contributed by atoms with Crippen LogP contribution in [0.25, 0.3) is 0 Å². The van der Waals surface area contributed by atoms with Crippen LogP contribution in [0.15, 0.2) is 36.7 Å². The van der Waals surface area contributed by atoms with E-state index >= 15 is 0 Å². The molecule has 166 valence electrons. The summed E-state index contributed by atoms with van der Waals surface area (Å²) in [6.07, 6.45) is 5.35. The predicted molar refractivity (Wildman–Crippen MR) is 119 cm³/mol. The van der Waals surface area contributed by atoms with Gasteiger partial charge in [-0.1, -0.05) is 12.1 Å². The number of carbonyl (C=O) groups is 1. The number of nitrogens with zero attached hydrogens (tertiary/aromatic N) is 5. The Bertz CT molecular complexity index is 885. The van der Waals surface area contributed by atoms with E-state index in [2.05, 4.69) is 9.88 Å². The third kappa shape index (κ3) is 5.14. The van der Waals surface area contributed by atoms with Crippen LogP contribution < -0.4 is 9.64 Å². The van der Waals surface area contributed by atoms with Gasteiger partial charge < -0.3 is 19.3 Å². The summed E-state index contributed by atoms with van der Waals surface area (Å²) in [5.74, 6) is 1.42. The molecule has 0 unspecified atom stereocenters. The first-order valence-corrected chi connectivity index (χ1v) is 11.0. The number of rotatable bonds is 7. The van der Waals surface area contributed by atoms with E-state index in [1.165, 1.54) is 0 Å². The standard InChI is InChI=1S/C23H31N5O3/c1-26(2)22-17-24-16-19(25-22)20-7-5-9-28(20)23(29)18-6-3-4-8-21(18)31-15-12-27-10-13-30-14-11-27/h3-4,6,8,16-17,20H,5,7,9-15H2,1-2H3/t20-/m0/s1. The van der Waals surface area contributed by atoms with Crippen molar-refractivity contribution in [1.29, 1.82) is 0 Å². The topological polar surface area (TPSA) is 71.0 Å². The fourth-order valence-corrected chi connectivity index (χ4v) is 4.10. The van der Waals surface area contributed by atoms with Crippen molar-refractivity contribution in [2.24, 2.45) is 0 Å². The first-order chi connectivity index (χ1) is 15.1. The molecule has 0 N–H and O–H groups in total. The predicted octanol–water partition coefficient (Wildman–Crippen LogP) is 2.23. The molecule has 0 radical (unpaired) electrons. The molecule has 1 aromatic heterocycles. The molecular formula is C23H31N5O3. The van der Waals surface area contributed by atoms with Crippen molar-refractivity contribution in [3.8, 4) is 5.75 Å². The summed E-state index contributed by atoms with van der Waals surface area (Å²) < 4.78 is 11.4. The summed E-state index contributed by atoms with van der Waals surface area (Å²) in [5, 5.41) is 0. The summed E-state index contributed by atoms with van der Waals surface area (Å²) in [6, 6.07) is 7.46. The van der Waals surface area contributed by atoms with Gasteiger partial charge in [-0.15, -0.1) is 0 Å². The van der Waals surface area contributed by atoms with E-state index < -0.39 is 0 Å². The van der Waals surface area contributed by atoms with Crippen LogP contribution >= 0.6 is 0 Å². The number of morpholine rings is 1. The Balaban J connectivity index is 1.46. The van der Waals surface area contributed by atoms with Gasteiger partial charge in [0.15, 0.2) is 0 Å². The van der Waals surface area contributed by atoms with E-state index in [9.17, 15) is 4.79 Å². The lowest BCUT2D eigenvalue weighted by molar-refractivity contribution is 0.0321. The molecule has 2 aliphatic rings. The number of amides is 1. The largest absolute Gasteiger partial charge is 0.491 e. The van der Waals surface area contributed by atoms with Crippen molar-refractivity contribution >= 4 is 11.7 Å². The van der Waals surface area contributed by atoms with E-state index in [-0.39, 0.29) is 11.9 Å². The van der Waals surface area contributed by atoms with Crippen molar-refractivity contribution in [2.75, 3.05) is 65.0 Å². The van der Waals surface area contributed by atoms with Gasteiger partial charge in [-0.25, -0.2) is 4.98 Å². The third-order valence-electron chi connectivity index (χ3n) is 5.84. The summed E-state index contributed by atoms with van der Waals surface area (Å²) in [5.41, 5.74) is 1.44. The molecule has 8 heteroatoms. The Labute approximate surface area is 183 Å². The highest BCUT2D eigenvalue weighted by Crippen LogP contribution is 2.34. The van der Waals surface area contributed by atoms with Gasteiger partial charge in [0.2, 0.25) is 0 Å². The zero-order chi connectivity index (χ0) is 21.6. The average Bonchev–Trinajstić information content (AvgIpc) is 3.30. The second kappa shape index (κ2) is 10.1. The maximum Gasteiger partial charge on any atom is 0.258 e. The van der Waals surface area contributed by atoms with Crippen LogP contribution in [0, 0.1) is 0 Å². The molecule has 8 nitrogen and oxygen atoms in total. The minimum absolute atomic E-state index is 0.0125. The Kier molecular flexibility index (Phi) is 6.99. The number of ether oxygens (including phenoxy) is 2. The lowest BCUT2D eigenvalue weighted by Gasteiger charge is -2.27.